The first-order chi connectivity index (χ1) is 15.0. The van der Waals surface area contributed by atoms with Crippen LogP contribution in [0, 0.1) is 0 Å². The van der Waals surface area contributed by atoms with Crippen molar-refractivity contribution in [2.24, 2.45) is 0 Å². The average Bonchev–Trinajstić information content (AvgIpc) is 3.07. The summed E-state index contributed by atoms with van der Waals surface area (Å²) in [5.41, 5.74) is 2.08. The largest absolute Gasteiger partial charge is 0.394 e. The van der Waals surface area contributed by atoms with Crippen LogP contribution < -0.4 is 10.6 Å². The third kappa shape index (κ3) is 5.16. The molecule has 0 saturated carbocycles. The topological polar surface area (TPSA) is 99.6 Å². The van der Waals surface area contributed by atoms with Crippen LogP contribution in [0.2, 0.25) is 0 Å². The summed E-state index contributed by atoms with van der Waals surface area (Å²) in [5, 5.41) is 16.0. The van der Waals surface area contributed by atoms with Gasteiger partial charge in [-0.25, -0.2) is 14.8 Å². The number of anilines is 1. The molecule has 1 aromatic heterocycles. The summed E-state index contributed by atoms with van der Waals surface area (Å²) in [6.07, 6.45) is 5.36. The number of aliphatic hydroxyl groups is 1. The molecule has 174 valence electrons. The van der Waals surface area contributed by atoms with Gasteiger partial charge in [-0.15, -0.1) is 0 Å². The lowest BCUT2D eigenvalue weighted by Crippen LogP contribution is -2.47. The Kier molecular flexibility index (Phi) is 7.97. The fourth-order valence-electron chi connectivity index (χ4n) is 4.27. The molecule has 2 aliphatic heterocycles. The Balaban J connectivity index is 0.00000289. The summed E-state index contributed by atoms with van der Waals surface area (Å²) in [6, 6.07) is 8.77. The van der Waals surface area contributed by atoms with Crippen LogP contribution in [0.15, 0.2) is 36.5 Å². The van der Waals surface area contributed by atoms with Crippen molar-refractivity contribution in [2.75, 3.05) is 25.1 Å². The van der Waals surface area contributed by atoms with Crippen LogP contribution in [0.4, 0.5) is 10.7 Å². The molecule has 1 saturated heterocycles. The van der Waals surface area contributed by atoms with E-state index in [1.54, 1.807) is 11.1 Å². The van der Waals surface area contributed by atoms with Gasteiger partial charge in [-0.2, -0.15) is 13.5 Å². The van der Waals surface area contributed by atoms with E-state index in [0.717, 1.165) is 36.3 Å². The molecule has 32 heavy (non-hydrogen) atoms. The van der Waals surface area contributed by atoms with Gasteiger partial charge in [-0.3, -0.25) is 0 Å². The molecule has 0 radical (unpaired) electrons. The predicted octanol–water partition coefficient (Wildman–Crippen LogP) is 3.06. The van der Waals surface area contributed by atoms with Crippen molar-refractivity contribution in [2.45, 2.75) is 57.3 Å². The van der Waals surface area contributed by atoms with Crippen LogP contribution in [0.5, 0.6) is 0 Å². The van der Waals surface area contributed by atoms with E-state index in [1.807, 2.05) is 44.2 Å². The number of fused-ring (bicyclic) bond motifs is 1. The lowest BCUT2D eigenvalue weighted by Gasteiger charge is -2.33. The SMILES string of the molecule is CC1(C)c2cnc(NCC3CCCCO3)nc2CN1C(=O)N[C@H](CO)c1ccccc1.S. The van der Waals surface area contributed by atoms with E-state index in [1.165, 1.54) is 6.42 Å². The number of aromatic nitrogens is 2. The highest BCUT2D eigenvalue weighted by atomic mass is 32.1. The van der Waals surface area contributed by atoms with Crippen molar-refractivity contribution < 1.29 is 14.6 Å². The smallest absolute Gasteiger partial charge is 0.319 e. The molecule has 2 atom stereocenters. The molecule has 2 aliphatic rings. The second-order valence-electron chi connectivity index (χ2n) is 8.66. The van der Waals surface area contributed by atoms with Gasteiger partial charge in [-0.05, 0) is 38.7 Å². The Hall–Kier alpha value is -2.36. The predicted molar refractivity (Wildman–Crippen MR) is 128 cm³/mol. The average molecular weight is 460 g/mol. The summed E-state index contributed by atoms with van der Waals surface area (Å²) < 4.78 is 5.76. The number of benzene rings is 1. The molecule has 9 heteroatoms. The molecule has 3 heterocycles. The molecule has 4 rings (SSSR count). The van der Waals surface area contributed by atoms with Gasteiger partial charge in [0.05, 0.1) is 36.5 Å². The number of ether oxygens (including phenoxy) is 1. The van der Waals surface area contributed by atoms with Crippen LogP contribution in [0.3, 0.4) is 0 Å². The summed E-state index contributed by atoms with van der Waals surface area (Å²) >= 11 is 0. The maximum Gasteiger partial charge on any atom is 0.319 e. The van der Waals surface area contributed by atoms with Gasteiger partial charge in [0.15, 0.2) is 0 Å². The van der Waals surface area contributed by atoms with Gasteiger partial charge in [0.25, 0.3) is 0 Å². The molecule has 0 spiro atoms. The number of hydrogen-bond donors (Lipinski definition) is 3. The van der Waals surface area contributed by atoms with Gasteiger partial charge in [0.1, 0.15) is 0 Å². The Morgan fingerprint density at radius 2 is 2.09 bits per heavy atom. The van der Waals surface area contributed by atoms with Gasteiger partial charge >= 0.3 is 6.03 Å². The molecule has 2 aromatic rings. The highest BCUT2D eigenvalue weighted by molar-refractivity contribution is 7.59. The normalized spacial score (nSPS) is 20.1. The number of nitrogens with zero attached hydrogens (tertiary/aromatic N) is 3. The van der Waals surface area contributed by atoms with Crippen molar-refractivity contribution in [1.29, 1.82) is 0 Å². The van der Waals surface area contributed by atoms with E-state index in [-0.39, 0.29) is 32.2 Å². The van der Waals surface area contributed by atoms with Gasteiger partial charge in [0.2, 0.25) is 5.95 Å². The molecule has 1 unspecified atom stereocenters. The molecule has 0 aliphatic carbocycles. The van der Waals surface area contributed by atoms with Crippen LogP contribution in [0.1, 0.15) is 56.0 Å². The quantitative estimate of drug-likeness (QED) is 0.614. The highest BCUT2D eigenvalue weighted by Gasteiger charge is 2.42. The van der Waals surface area contributed by atoms with Crippen LogP contribution in [0.25, 0.3) is 0 Å². The molecule has 3 N–H and O–H groups in total. The molecule has 1 fully saturated rings. The fourth-order valence-corrected chi connectivity index (χ4v) is 4.27. The number of carbonyl (C=O) groups excluding carboxylic acids is 1. The second-order valence-corrected chi connectivity index (χ2v) is 8.66. The summed E-state index contributed by atoms with van der Waals surface area (Å²) in [7, 11) is 0. The standard InChI is InChI=1S/C23H31N5O3.H2S/c1-23(2)18-13-25-21(24-12-17-10-6-7-11-31-17)26-19(18)14-28(23)22(30)27-20(15-29)16-8-4-3-5-9-16;/h3-5,8-9,13,17,20,29H,6-7,10-12,14-15H2,1-2H3,(H,27,30)(H,24,25,26);1H2/t17?,20-;/m1./s1. The number of hydrogen-bond acceptors (Lipinski definition) is 6. The third-order valence-electron chi connectivity index (χ3n) is 6.20. The highest BCUT2D eigenvalue weighted by Crippen LogP contribution is 2.38. The Bertz CT molecular complexity index is 906. The van der Waals surface area contributed by atoms with E-state index >= 15 is 0 Å². The lowest BCUT2D eigenvalue weighted by atomic mass is 9.97. The minimum atomic E-state index is -0.554. The fraction of sp³-hybridized carbons (Fsp3) is 0.522. The number of urea groups is 1. The summed E-state index contributed by atoms with van der Waals surface area (Å²) in [6.45, 7) is 5.68. The maximum atomic E-state index is 13.1. The maximum absolute atomic E-state index is 13.1. The number of amides is 2. The van der Waals surface area contributed by atoms with E-state index in [9.17, 15) is 9.90 Å². The van der Waals surface area contributed by atoms with Crippen LogP contribution in [-0.4, -0.2) is 51.9 Å². The van der Waals surface area contributed by atoms with Gasteiger partial charge < -0.3 is 25.4 Å². The van der Waals surface area contributed by atoms with Crippen molar-refractivity contribution >= 4 is 25.5 Å². The third-order valence-corrected chi connectivity index (χ3v) is 6.20. The summed E-state index contributed by atoms with van der Waals surface area (Å²) in [5.74, 6) is 0.559. The number of aliphatic hydroxyl groups excluding tert-OH is 1. The monoisotopic (exact) mass is 459 g/mol. The molecule has 1 aromatic carbocycles. The zero-order chi connectivity index (χ0) is 21.8. The Morgan fingerprint density at radius 3 is 2.78 bits per heavy atom. The first-order valence-corrected chi connectivity index (χ1v) is 10.9. The van der Waals surface area contributed by atoms with Crippen molar-refractivity contribution in [1.82, 2.24) is 20.2 Å². The lowest BCUT2D eigenvalue weighted by molar-refractivity contribution is 0.0246. The van der Waals surface area contributed by atoms with Gasteiger partial charge in [-0.1, -0.05) is 30.3 Å². The zero-order valence-corrected chi connectivity index (χ0v) is 19.7. The minimum absolute atomic E-state index is 0. The number of nitrogens with one attached hydrogen (secondary N) is 2. The van der Waals surface area contributed by atoms with E-state index in [2.05, 4.69) is 20.6 Å². The Morgan fingerprint density at radius 1 is 1.31 bits per heavy atom. The van der Waals surface area contributed by atoms with E-state index < -0.39 is 11.6 Å². The summed E-state index contributed by atoms with van der Waals surface area (Å²) in [4.78, 5) is 24.0. The number of rotatable bonds is 6. The number of carbonyl (C=O) groups is 1. The zero-order valence-electron chi connectivity index (χ0n) is 18.7. The van der Waals surface area contributed by atoms with Crippen molar-refractivity contribution in [3.05, 3.63) is 53.3 Å². The Labute approximate surface area is 196 Å². The molecule has 2 amide bonds. The van der Waals surface area contributed by atoms with Crippen LogP contribution >= 0.6 is 13.5 Å². The molecular formula is C23H33N5O3S. The van der Waals surface area contributed by atoms with E-state index in [0.29, 0.717) is 19.0 Å². The second kappa shape index (κ2) is 10.5. The molecule has 8 nitrogen and oxygen atoms in total. The van der Waals surface area contributed by atoms with E-state index in [4.69, 9.17) is 4.74 Å². The van der Waals surface area contributed by atoms with Crippen molar-refractivity contribution in [3.8, 4) is 0 Å². The molecular weight excluding hydrogens is 426 g/mol. The van der Waals surface area contributed by atoms with Crippen LogP contribution in [-0.2, 0) is 16.8 Å². The molecule has 0 bridgehead atoms. The van der Waals surface area contributed by atoms with Crippen molar-refractivity contribution in [3.63, 3.8) is 0 Å². The first-order valence-electron chi connectivity index (χ1n) is 10.9. The first kappa shape index (κ1) is 24.3. The van der Waals surface area contributed by atoms with Gasteiger partial charge in [0, 0.05) is 24.9 Å². The minimum Gasteiger partial charge on any atom is -0.394 e.